The van der Waals surface area contributed by atoms with Crippen molar-refractivity contribution in [3.8, 4) is 11.3 Å². The molecule has 0 saturated carbocycles. The van der Waals surface area contributed by atoms with Gasteiger partial charge in [-0.3, -0.25) is 0 Å². The Bertz CT molecular complexity index is 737. The highest BCUT2D eigenvalue weighted by atomic mass is 16.4. The highest BCUT2D eigenvalue weighted by molar-refractivity contribution is 5.96. The van der Waals surface area contributed by atoms with Crippen LogP contribution in [0.5, 0.6) is 0 Å². The number of hydrogen-bond donors (Lipinski definition) is 3. The zero-order valence-corrected chi connectivity index (χ0v) is 9.82. The predicted octanol–water partition coefficient (Wildman–Crippen LogP) is 3.17. The first-order chi connectivity index (χ1) is 8.65. The molecule has 3 rings (SSSR count). The lowest BCUT2D eigenvalue weighted by atomic mass is 10.1. The van der Waals surface area contributed by atoms with Gasteiger partial charge < -0.3 is 15.1 Å². The van der Waals surface area contributed by atoms with Crippen LogP contribution in [-0.4, -0.2) is 21.0 Å². The Kier molecular flexibility index (Phi) is 2.23. The van der Waals surface area contributed by atoms with Gasteiger partial charge in [0, 0.05) is 28.4 Å². The quantitative estimate of drug-likeness (QED) is 0.644. The van der Waals surface area contributed by atoms with E-state index in [0.29, 0.717) is 5.56 Å². The molecule has 4 heteroatoms. The van der Waals surface area contributed by atoms with Gasteiger partial charge in [-0.1, -0.05) is 11.6 Å². The number of benzene rings is 1. The summed E-state index contributed by atoms with van der Waals surface area (Å²) in [5, 5.41) is 10.2. The predicted molar refractivity (Wildman–Crippen MR) is 69.8 cm³/mol. The third kappa shape index (κ3) is 1.59. The van der Waals surface area contributed by atoms with E-state index in [1.165, 1.54) is 5.56 Å². The van der Waals surface area contributed by atoms with Crippen LogP contribution in [0.25, 0.3) is 22.2 Å². The van der Waals surface area contributed by atoms with Crippen LogP contribution >= 0.6 is 0 Å². The minimum atomic E-state index is -0.954. The number of fused-ring (bicyclic) bond motifs is 1. The molecule has 0 bridgehead atoms. The summed E-state index contributed by atoms with van der Waals surface area (Å²) in [5.41, 5.74) is 3.89. The number of aromatic carboxylic acids is 1. The van der Waals surface area contributed by atoms with Gasteiger partial charge in [-0.2, -0.15) is 0 Å². The largest absolute Gasteiger partial charge is 0.477 e. The van der Waals surface area contributed by atoms with Crippen LogP contribution in [0.1, 0.15) is 16.1 Å². The molecule has 0 aliphatic rings. The lowest BCUT2D eigenvalue weighted by Gasteiger charge is -1.95. The number of rotatable bonds is 2. The Hall–Kier alpha value is -2.49. The second-order valence-corrected chi connectivity index (χ2v) is 4.35. The third-order valence-electron chi connectivity index (χ3n) is 3.03. The van der Waals surface area contributed by atoms with Crippen LogP contribution in [0.2, 0.25) is 0 Å². The summed E-state index contributed by atoms with van der Waals surface area (Å²) in [4.78, 5) is 17.1. The minimum Gasteiger partial charge on any atom is -0.477 e. The molecule has 0 atom stereocenters. The molecule has 2 heterocycles. The van der Waals surface area contributed by atoms with E-state index in [9.17, 15) is 4.79 Å². The van der Waals surface area contributed by atoms with Crippen molar-refractivity contribution in [2.24, 2.45) is 0 Å². The molecule has 0 fully saturated rings. The zero-order chi connectivity index (χ0) is 12.7. The average Bonchev–Trinajstić information content (AvgIpc) is 2.93. The maximum Gasteiger partial charge on any atom is 0.353 e. The van der Waals surface area contributed by atoms with Crippen LogP contribution in [0.15, 0.2) is 36.5 Å². The van der Waals surface area contributed by atoms with Crippen molar-refractivity contribution in [1.29, 1.82) is 0 Å². The summed E-state index contributed by atoms with van der Waals surface area (Å²) < 4.78 is 0. The first-order valence-electron chi connectivity index (χ1n) is 5.65. The van der Waals surface area contributed by atoms with Crippen LogP contribution in [0, 0.1) is 6.92 Å². The molecule has 0 aliphatic heterocycles. The van der Waals surface area contributed by atoms with E-state index in [-0.39, 0.29) is 5.69 Å². The van der Waals surface area contributed by atoms with E-state index in [2.05, 4.69) is 16.0 Å². The van der Waals surface area contributed by atoms with Gasteiger partial charge in [0.05, 0.1) is 0 Å². The number of carbonyl (C=O) groups is 1. The van der Waals surface area contributed by atoms with Crippen molar-refractivity contribution in [2.45, 2.75) is 6.92 Å². The molecule has 0 saturated heterocycles. The highest BCUT2D eigenvalue weighted by Crippen LogP contribution is 2.27. The van der Waals surface area contributed by atoms with E-state index in [4.69, 9.17) is 5.11 Å². The van der Waals surface area contributed by atoms with Crippen molar-refractivity contribution in [3.63, 3.8) is 0 Å². The Morgan fingerprint density at radius 2 is 2.06 bits per heavy atom. The van der Waals surface area contributed by atoms with Crippen molar-refractivity contribution < 1.29 is 9.90 Å². The minimum absolute atomic E-state index is 0.207. The van der Waals surface area contributed by atoms with Gasteiger partial charge in [0.15, 0.2) is 0 Å². The van der Waals surface area contributed by atoms with Crippen LogP contribution in [0.4, 0.5) is 0 Å². The second kappa shape index (κ2) is 3.77. The molecule has 0 unspecified atom stereocenters. The van der Waals surface area contributed by atoms with Crippen molar-refractivity contribution in [1.82, 2.24) is 9.97 Å². The number of aromatic nitrogens is 2. The van der Waals surface area contributed by atoms with Crippen LogP contribution < -0.4 is 0 Å². The van der Waals surface area contributed by atoms with Gasteiger partial charge in [-0.25, -0.2) is 4.79 Å². The van der Waals surface area contributed by atoms with Crippen LogP contribution in [-0.2, 0) is 0 Å². The molecule has 90 valence electrons. The van der Waals surface area contributed by atoms with E-state index < -0.39 is 5.97 Å². The number of nitrogens with one attached hydrogen (secondary N) is 2. The number of hydrogen-bond acceptors (Lipinski definition) is 1. The number of aromatic amines is 2. The van der Waals surface area contributed by atoms with Gasteiger partial charge in [0.1, 0.15) is 5.69 Å². The molecule has 1 aromatic carbocycles. The molecular weight excluding hydrogens is 228 g/mol. The molecule has 0 spiro atoms. The number of H-pyrrole nitrogens is 2. The lowest BCUT2D eigenvalue weighted by Crippen LogP contribution is -1.98. The smallest absolute Gasteiger partial charge is 0.353 e. The normalized spacial score (nSPS) is 10.9. The maximum atomic E-state index is 11.1. The van der Waals surface area contributed by atoms with Gasteiger partial charge in [-0.05, 0) is 31.2 Å². The number of carboxylic acid groups (broad SMARTS) is 1. The highest BCUT2D eigenvalue weighted by Gasteiger charge is 2.14. The summed E-state index contributed by atoms with van der Waals surface area (Å²) >= 11 is 0. The molecule has 4 nitrogen and oxygen atoms in total. The Balaban J connectivity index is 2.19. The standard InChI is InChI=1S/C14H12N2O2/c1-8-2-3-11-9(6-8)7-12(16-11)10-4-5-15-13(10)14(17)18/h2-7,15-16H,1H3,(H,17,18). The second-order valence-electron chi connectivity index (χ2n) is 4.35. The van der Waals surface area contributed by atoms with Crippen molar-refractivity contribution in [2.75, 3.05) is 0 Å². The SMILES string of the molecule is Cc1ccc2[nH]c(-c3cc[nH]c3C(=O)O)cc2c1. The Labute approximate surface area is 103 Å². The van der Waals surface area contributed by atoms with Crippen LogP contribution in [0.3, 0.4) is 0 Å². The first kappa shape index (κ1) is 10.7. The molecule has 3 aromatic rings. The van der Waals surface area contributed by atoms with Gasteiger partial charge in [0.2, 0.25) is 0 Å². The van der Waals surface area contributed by atoms with Gasteiger partial charge in [-0.15, -0.1) is 0 Å². The lowest BCUT2D eigenvalue weighted by molar-refractivity contribution is 0.0692. The van der Waals surface area contributed by atoms with E-state index >= 15 is 0 Å². The fourth-order valence-corrected chi connectivity index (χ4v) is 2.17. The van der Waals surface area contributed by atoms with Gasteiger partial charge in [0.25, 0.3) is 0 Å². The Morgan fingerprint density at radius 1 is 1.22 bits per heavy atom. The molecular formula is C14H12N2O2. The fraction of sp³-hybridized carbons (Fsp3) is 0.0714. The van der Waals surface area contributed by atoms with Crippen molar-refractivity contribution in [3.05, 3.63) is 47.8 Å². The average molecular weight is 240 g/mol. The molecule has 2 aromatic heterocycles. The van der Waals surface area contributed by atoms with E-state index in [1.54, 1.807) is 12.3 Å². The molecule has 3 N–H and O–H groups in total. The summed E-state index contributed by atoms with van der Waals surface area (Å²) in [7, 11) is 0. The zero-order valence-electron chi connectivity index (χ0n) is 9.82. The summed E-state index contributed by atoms with van der Waals surface area (Å²) in [6.45, 7) is 2.03. The van der Waals surface area contributed by atoms with Crippen molar-refractivity contribution >= 4 is 16.9 Å². The molecule has 0 amide bonds. The summed E-state index contributed by atoms with van der Waals surface area (Å²) in [6.07, 6.45) is 1.63. The number of aryl methyl sites for hydroxylation is 1. The third-order valence-corrected chi connectivity index (χ3v) is 3.03. The topological polar surface area (TPSA) is 68.9 Å². The van der Waals surface area contributed by atoms with Gasteiger partial charge >= 0.3 is 5.97 Å². The fourth-order valence-electron chi connectivity index (χ4n) is 2.17. The Morgan fingerprint density at radius 3 is 2.83 bits per heavy atom. The monoisotopic (exact) mass is 240 g/mol. The first-order valence-corrected chi connectivity index (χ1v) is 5.65. The molecule has 0 aliphatic carbocycles. The molecule has 0 radical (unpaired) electrons. The van der Waals surface area contributed by atoms with E-state index in [0.717, 1.165) is 16.6 Å². The summed E-state index contributed by atoms with van der Waals surface area (Å²) in [5.74, 6) is -0.954. The number of carboxylic acids is 1. The summed E-state index contributed by atoms with van der Waals surface area (Å²) in [6, 6.07) is 9.83. The van der Waals surface area contributed by atoms with E-state index in [1.807, 2.05) is 25.1 Å². The maximum absolute atomic E-state index is 11.1. The molecule has 18 heavy (non-hydrogen) atoms.